The molecular formula is C24H32N2O5S. The van der Waals surface area contributed by atoms with E-state index in [-0.39, 0.29) is 23.0 Å². The van der Waals surface area contributed by atoms with Crippen molar-refractivity contribution in [3.63, 3.8) is 0 Å². The molecule has 1 aromatic heterocycles. The summed E-state index contributed by atoms with van der Waals surface area (Å²) >= 11 is 0. The average Bonchev–Trinajstić information content (AvgIpc) is 2.67. The Balaban J connectivity index is 1.39. The summed E-state index contributed by atoms with van der Waals surface area (Å²) in [7, 11) is -3.63. The first-order valence-corrected chi connectivity index (χ1v) is 13.8. The molecule has 2 atom stereocenters. The number of ether oxygens (including phenoxy) is 1. The van der Waals surface area contributed by atoms with Crippen LogP contribution >= 0.6 is 0 Å². The van der Waals surface area contributed by atoms with Crippen LogP contribution in [0.25, 0.3) is 0 Å². The third-order valence-electron chi connectivity index (χ3n) is 8.66. The Morgan fingerprint density at radius 2 is 1.69 bits per heavy atom. The molecule has 174 valence electrons. The van der Waals surface area contributed by atoms with Gasteiger partial charge < -0.3 is 14.2 Å². The molecule has 0 spiro atoms. The van der Waals surface area contributed by atoms with Crippen LogP contribution < -0.4 is 9.50 Å². The van der Waals surface area contributed by atoms with E-state index in [9.17, 15) is 13.2 Å². The van der Waals surface area contributed by atoms with Crippen LogP contribution in [-0.2, 0) is 19.6 Å². The number of nitrogens with zero attached hydrogens (tertiary/aromatic N) is 1. The van der Waals surface area contributed by atoms with Gasteiger partial charge in [0.1, 0.15) is 5.60 Å². The van der Waals surface area contributed by atoms with Crippen molar-refractivity contribution in [1.82, 2.24) is 4.98 Å². The minimum Gasteiger partial charge on any atom is -0.459 e. The van der Waals surface area contributed by atoms with Crippen LogP contribution in [0.15, 0.2) is 6.20 Å². The summed E-state index contributed by atoms with van der Waals surface area (Å²) in [6.07, 6.45) is 13.5. The number of pyridine rings is 1. The van der Waals surface area contributed by atoms with Crippen LogP contribution in [0.1, 0.15) is 94.1 Å². The van der Waals surface area contributed by atoms with Gasteiger partial charge in [-0.25, -0.2) is 4.98 Å². The Kier molecular flexibility index (Phi) is 4.44. The summed E-state index contributed by atoms with van der Waals surface area (Å²) in [6, 6.07) is 0. The lowest BCUT2D eigenvalue weighted by molar-refractivity contribution is -0.185. The van der Waals surface area contributed by atoms with Crippen LogP contribution in [-0.4, -0.2) is 36.8 Å². The molecule has 8 heteroatoms. The van der Waals surface area contributed by atoms with E-state index in [1.165, 1.54) is 18.9 Å². The minimum atomic E-state index is -3.63. The smallest absolute Gasteiger partial charge is 0.307 e. The second kappa shape index (κ2) is 6.84. The van der Waals surface area contributed by atoms with Crippen LogP contribution in [0.5, 0.6) is 5.88 Å². The summed E-state index contributed by atoms with van der Waals surface area (Å²) in [6.45, 7) is 1.52. The molecule has 0 aliphatic heterocycles. The number of aromatic nitrogens is 1. The Morgan fingerprint density at radius 3 is 2.28 bits per heavy atom. The number of rotatable bonds is 5. The predicted molar refractivity (Wildman–Crippen MR) is 119 cm³/mol. The van der Waals surface area contributed by atoms with Crippen LogP contribution in [0.2, 0.25) is 0 Å². The molecule has 7 aliphatic rings. The Bertz CT molecular complexity index is 1060. The fourth-order valence-electron chi connectivity index (χ4n) is 8.37. The summed E-state index contributed by atoms with van der Waals surface area (Å²) in [4.78, 5) is 16.4. The SMILES string of the molecule is CC(=O)OC12CC3CC(CC(Nc4cnc(OS(C)(=O)=O)c5c4C4CCC5CC4)(C3)C1)C2. The van der Waals surface area contributed by atoms with Gasteiger partial charge in [-0.2, -0.15) is 8.42 Å². The van der Waals surface area contributed by atoms with E-state index in [2.05, 4.69) is 10.3 Å². The van der Waals surface area contributed by atoms with Crippen molar-refractivity contribution < 1.29 is 22.1 Å². The predicted octanol–water partition coefficient (Wildman–Crippen LogP) is 4.24. The van der Waals surface area contributed by atoms with Gasteiger partial charge in [-0.05, 0) is 87.0 Å². The van der Waals surface area contributed by atoms with Gasteiger partial charge in [0.05, 0.1) is 18.1 Å². The third-order valence-corrected chi connectivity index (χ3v) is 9.12. The minimum absolute atomic E-state index is 0.0924. The molecule has 5 saturated carbocycles. The van der Waals surface area contributed by atoms with Crippen molar-refractivity contribution >= 4 is 21.8 Å². The van der Waals surface area contributed by atoms with Crippen molar-refractivity contribution in [2.45, 2.75) is 94.1 Å². The molecule has 7 nitrogen and oxygen atoms in total. The first-order valence-electron chi connectivity index (χ1n) is 12.0. The van der Waals surface area contributed by atoms with Crippen molar-refractivity contribution in [3.8, 4) is 5.88 Å². The number of anilines is 1. The lowest BCUT2D eigenvalue weighted by Gasteiger charge is -2.61. The van der Waals surface area contributed by atoms with E-state index in [1.807, 2.05) is 0 Å². The first kappa shape index (κ1) is 20.8. The van der Waals surface area contributed by atoms with Gasteiger partial charge in [0, 0.05) is 24.4 Å². The maximum absolute atomic E-state index is 11.9. The fraction of sp³-hybridized carbons (Fsp3) is 0.750. The van der Waals surface area contributed by atoms with E-state index >= 15 is 0 Å². The van der Waals surface area contributed by atoms with Gasteiger partial charge in [0.2, 0.25) is 5.88 Å². The van der Waals surface area contributed by atoms with Crippen molar-refractivity contribution in [1.29, 1.82) is 0 Å². The molecule has 1 heterocycles. The molecule has 0 aromatic carbocycles. The van der Waals surface area contributed by atoms with Crippen molar-refractivity contribution in [3.05, 3.63) is 17.3 Å². The highest BCUT2D eigenvalue weighted by Crippen LogP contribution is 2.61. The topological polar surface area (TPSA) is 94.6 Å². The van der Waals surface area contributed by atoms with Gasteiger partial charge in [-0.1, -0.05) is 0 Å². The van der Waals surface area contributed by atoms with Gasteiger partial charge in [-0.3, -0.25) is 4.79 Å². The quantitative estimate of drug-likeness (QED) is 0.519. The van der Waals surface area contributed by atoms with Crippen molar-refractivity contribution in [2.24, 2.45) is 11.8 Å². The monoisotopic (exact) mass is 460 g/mol. The lowest BCUT2D eigenvalue weighted by atomic mass is 9.51. The molecule has 8 rings (SSSR count). The third kappa shape index (κ3) is 3.40. The number of carbonyl (C=O) groups excluding carboxylic acids is 1. The second-order valence-corrected chi connectivity index (χ2v) is 12.9. The van der Waals surface area contributed by atoms with Crippen LogP contribution in [0.4, 0.5) is 5.69 Å². The largest absolute Gasteiger partial charge is 0.459 e. The number of esters is 1. The van der Waals surface area contributed by atoms with E-state index in [0.717, 1.165) is 75.3 Å². The van der Waals surface area contributed by atoms with Gasteiger partial charge in [-0.15, -0.1) is 0 Å². The van der Waals surface area contributed by atoms with Crippen molar-refractivity contribution in [2.75, 3.05) is 11.6 Å². The Labute approximate surface area is 189 Å². The molecule has 1 aromatic rings. The maximum atomic E-state index is 11.9. The standard InChI is InChI=1S/C24H32N2O5S/c1-14(27)30-24-10-15-7-16(11-24)9-23(8-15,13-24)26-19-12-25-22(31-32(2,28)29)21-18-5-3-17(4-6-18)20(19)21/h12,15-18,26H,3-11,13H2,1-2H3. The zero-order valence-corrected chi connectivity index (χ0v) is 19.7. The van der Waals surface area contributed by atoms with Gasteiger partial charge >= 0.3 is 16.1 Å². The van der Waals surface area contributed by atoms with E-state index < -0.39 is 10.1 Å². The highest BCUT2D eigenvalue weighted by molar-refractivity contribution is 7.86. The van der Waals surface area contributed by atoms with Crippen LogP contribution in [0, 0.1) is 11.8 Å². The van der Waals surface area contributed by atoms with E-state index in [4.69, 9.17) is 8.92 Å². The zero-order valence-electron chi connectivity index (χ0n) is 18.9. The molecule has 1 N–H and O–H groups in total. The second-order valence-electron chi connectivity index (χ2n) is 11.3. The van der Waals surface area contributed by atoms with Gasteiger partial charge in [0.25, 0.3) is 0 Å². The first-order chi connectivity index (χ1) is 15.1. The molecule has 2 unspecified atom stereocenters. The highest BCUT2D eigenvalue weighted by atomic mass is 32.2. The van der Waals surface area contributed by atoms with E-state index in [1.54, 1.807) is 6.20 Å². The lowest BCUT2D eigenvalue weighted by Crippen LogP contribution is -2.63. The average molecular weight is 461 g/mol. The summed E-state index contributed by atoms with van der Waals surface area (Å²) < 4.78 is 35.1. The molecule has 0 amide bonds. The fourth-order valence-corrected chi connectivity index (χ4v) is 8.79. The molecule has 7 aliphatic carbocycles. The summed E-state index contributed by atoms with van der Waals surface area (Å²) in [5.41, 5.74) is 2.83. The summed E-state index contributed by atoms with van der Waals surface area (Å²) in [5.74, 6) is 1.97. The number of carbonyl (C=O) groups is 1. The normalized spacial score (nSPS) is 38.9. The molecule has 0 saturated heterocycles. The Morgan fingerprint density at radius 1 is 1.06 bits per heavy atom. The number of nitrogens with one attached hydrogen (secondary N) is 1. The van der Waals surface area contributed by atoms with Gasteiger partial charge in [0.15, 0.2) is 0 Å². The number of hydrogen-bond donors (Lipinski definition) is 1. The molecule has 0 radical (unpaired) electrons. The molecule has 5 fully saturated rings. The van der Waals surface area contributed by atoms with Crippen LogP contribution in [0.3, 0.4) is 0 Å². The molecular weight excluding hydrogens is 428 g/mol. The molecule has 6 bridgehead atoms. The number of hydrogen-bond acceptors (Lipinski definition) is 7. The molecule has 32 heavy (non-hydrogen) atoms. The Hall–Kier alpha value is -1.83. The van der Waals surface area contributed by atoms with E-state index in [0.29, 0.717) is 23.7 Å². The number of fused-ring (bicyclic) bond motifs is 2. The maximum Gasteiger partial charge on any atom is 0.307 e. The summed E-state index contributed by atoms with van der Waals surface area (Å²) in [5, 5.41) is 3.93. The zero-order chi connectivity index (χ0) is 22.3. The highest BCUT2D eigenvalue weighted by Gasteiger charge is 2.59.